The van der Waals surface area contributed by atoms with Gasteiger partial charge in [-0.05, 0) is 62.1 Å². The number of aryl methyl sites for hydroxylation is 1. The molecule has 0 spiro atoms. The summed E-state index contributed by atoms with van der Waals surface area (Å²) in [6, 6.07) is 8.60. The van der Waals surface area contributed by atoms with Crippen molar-refractivity contribution in [2.45, 2.75) is 39.4 Å². The summed E-state index contributed by atoms with van der Waals surface area (Å²) in [5.74, 6) is -1.81. The molecular weight excluding hydrogens is 553 g/mol. The first-order valence-electron chi connectivity index (χ1n) is 12.5. The second-order valence-corrected chi connectivity index (χ2v) is 9.81. The molecule has 212 valence electrons. The third kappa shape index (κ3) is 6.11. The molecule has 1 fully saturated rings. The second kappa shape index (κ2) is 11.7. The second-order valence-electron chi connectivity index (χ2n) is 9.40. The number of ether oxygens (including phenoxy) is 1. The van der Waals surface area contributed by atoms with Crippen LogP contribution in [0.4, 0.5) is 13.2 Å². The van der Waals surface area contributed by atoms with Gasteiger partial charge in [-0.1, -0.05) is 29.8 Å². The molecule has 1 aliphatic heterocycles. The molecule has 4 rings (SSSR count). The molecule has 1 amide bonds. The maximum absolute atomic E-state index is 13.6. The van der Waals surface area contributed by atoms with E-state index in [1.54, 1.807) is 19.9 Å². The van der Waals surface area contributed by atoms with Crippen molar-refractivity contribution in [2.24, 2.45) is 5.92 Å². The molecule has 0 N–H and O–H groups in total. The molecule has 0 unspecified atom stereocenters. The van der Waals surface area contributed by atoms with Crippen LogP contribution in [0.1, 0.15) is 46.9 Å². The normalized spacial score (nSPS) is 15.7. The van der Waals surface area contributed by atoms with Gasteiger partial charge in [0.1, 0.15) is 0 Å². The highest BCUT2D eigenvalue weighted by Crippen LogP contribution is 2.29. The van der Waals surface area contributed by atoms with E-state index in [1.807, 2.05) is 0 Å². The van der Waals surface area contributed by atoms with Crippen LogP contribution in [-0.2, 0) is 22.3 Å². The third-order valence-corrected chi connectivity index (χ3v) is 7.02. The van der Waals surface area contributed by atoms with Crippen LogP contribution in [0.5, 0.6) is 0 Å². The molecule has 3 aromatic rings. The van der Waals surface area contributed by atoms with Crippen molar-refractivity contribution in [3.05, 3.63) is 90.7 Å². The summed E-state index contributed by atoms with van der Waals surface area (Å²) in [7, 11) is 0. The minimum absolute atomic E-state index is 0.00712. The first kappa shape index (κ1) is 29.1. The number of piperidine rings is 1. The predicted octanol–water partition coefficient (Wildman–Crippen LogP) is 3.84. The highest BCUT2D eigenvalue weighted by Gasteiger charge is 2.33. The van der Waals surface area contributed by atoms with Gasteiger partial charge >= 0.3 is 17.8 Å². The van der Waals surface area contributed by atoms with E-state index in [1.165, 1.54) is 17.0 Å². The Morgan fingerprint density at radius 1 is 1.12 bits per heavy atom. The van der Waals surface area contributed by atoms with E-state index >= 15 is 0 Å². The molecule has 2 aromatic carbocycles. The number of halogens is 4. The van der Waals surface area contributed by atoms with Crippen molar-refractivity contribution in [1.29, 1.82) is 0 Å². The van der Waals surface area contributed by atoms with Gasteiger partial charge in [0.15, 0.2) is 0 Å². The highest BCUT2D eigenvalue weighted by molar-refractivity contribution is 6.31. The SMILES string of the molecule is CCOC(=O)[C@H]1CCCN(C(=O)c2nn(-c3ccc(C)c(Cl)c3)c(=O)n(Cc3ccc(C(F)(F)F)cc3)c2=O)C1. The van der Waals surface area contributed by atoms with Gasteiger partial charge in [-0.2, -0.15) is 23.0 Å². The van der Waals surface area contributed by atoms with Crippen molar-refractivity contribution in [3.63, 3.8) is 0 Å². The number of likely N-dealkylation sites (tertiary alicyclic amines) is 1. The van der Waals surface area contributed by atoms with Crippen molar-refractivity contribution in [3.8, 4) is 5.69 Å². The van der Waals surface area contributed by atoms with Crippen molar-refractivity contribution in [2.75, 3.05) is 19.7 Å². The molecule has 0 radical (unpaired) electrons. The maximum atomic E-state index is 13.6. The van der Waals surface area contributed by atoms with E-state index < -0.39 is 53.0 Å². The Balaban J connectivity index is 1.79. The van der Waals surface area contributed by atoms with E-state index in [2.05, 4.69) is 5.10 Å². The molecule has 1 aliphatic rings. The Kier molecular flexibility index (Phi) is 8.48. The van der Waals surface area contributed by atoms with Gasteiger partial charge in [-0.3, -0.25) is 19.0 Å². The summed E-state index contributed by atoms with van der Waals surface area (Å²) >= 11 is 6.24. The van der Waals surface area contributed by atoms with Crippen molar-refractivity contribution in [1.82, 2.24) is 19.2 Å². The Bertz CT molecular complexity index is 1550. The van der Waals surface area contributed by atoms with E-state index in [0.717, 1.165) is 33.5 Å². The highest BCUT2D eigenvalue weighted by atomic mass is 35.5. The van der Waals surface area contributed by atoms with Crippen LogP contribution in [0.3, 0.4) is 0 Å². The van der Waals surface area contributed by atoms with E-state index in [0.29, 0.717) is 23.4 Å². The molecule has 1 atom stereocenters. The molecule has 0 bridgehead atoms. The molecule has 0 aliphatic carbocycles. The molecule has 40 heavy (non-hydrogen) atoms. The van der Waals surface area contributed by atoms with Gasteiger partial charge in [0, 0.05) is 18.1 Å². The molecule has 13 heteroatoms. The minimum atomic E-state index is -4.56. The zero-order valence-electron chi connectivity index (χ0n) is 21.7. The lowest BCUT2D eigenvalue weighted by molar-refractivity contribution is -0.149. The van der Waals surface area contributed by atoms with Gasteiger partial charge in [-0.25, -0.2) is 4.79 Å². The van der Waals surface area contributed by atoms with Gasteiger partial charge in [0.25, 0.3) is 11.5 Å². The Morgan fingerprint density at radius 2 is 1.82 bits per heavy atom. The lowest BCUT2D eigenvalue weighted by Gasteiger charge is -2.31. The Morgan fingerprint density at radius 3 is 2.45 bits per heavy atom. The summed E-state index contributed by atoms with van der Waals surface area (Å²) in [5, 5.41) is 4.41. The number of hydrogen-bond acceptors (Lipinski definition) is 6. The fourth-order valence-corrected chi connectivity index (χ4v) is 4.59. The van der Waals surface area contributed by atoms with Gasteiger partial charge in [0.2, 0.25) is 5.69 Å². The summed E-state index contributed by atoms with van der Waals surface area (Å²) in [6.07, 6.45) is -3.56. The number of carbonyl (C=O) groups is 2. The van der Waals surface area contributed by atoms with Crippen molar-refractivity contribution < 1.29 is 27.5 Å². The third-order valence-electron chi connectivity index (χ3n) is 6.61. The van der Waals surface area contributed by atoms with E-state index in [4.69, 9.17) is 16.3 Å². The molecule has 0 saturated carbocycles. The summed E-state index contributed by atoms with van der Waals surface area (Å²) in [6.45, 7) is 3.46. The predicted molar refractivity (Wildman–Crippen MR) is 140 cm³/mol. The lowest BCUT2D eigenvalue weighted by atomic mass is 9.98. The number of hydrogen-bond donors (Lipinski definition) is 0. The molecule has 2 heterocycles. The number of carbonyl (C=O) groups excluding carboxylic acids is 2. The molecular formula is C27H26ClF3N4O5. The Labute approximate surface area is 231 Å². The number of nitrogens with zero attached hydrogens (tertiary/aromatic N) is 4. The van der Waals surface area contributed by atoms with Crippen LogP contribution in [0.25, 0.3) is 5.69 Å². The average molecular weight is 579 g/mol. The van der Waals surface area contributed by atoms with Crippen LogP contribution in [0.2, 0.25) is 5.02 Å². The molecule has 1 aromatic heterocycles. The maximum Gasteiger partial charge on any atom is 0.416 e. The van der Waals surface area contributed by atoms with E-state index in [9.17, 15) is 32.3 Å². The van der Waals surface area contributed by atoms with E-state index in [-0.39, 0.29) is 30.9 Å². The quantitative estimate of drug-likeness (QED) is 0.412. The minimum Gasteiger partial charge on any atom is -0.466 e. The largest absolute Gasteiger partial charge is 0.466 e. The first-order chi connectivity index (χ1) is 18.9. The van der Waals surface area contributed by atoms with Gasteiger partial charge < -0.3 is 9.64 Å². The zero-order chi connectivity index (χ0) is 29.2. The number of amides is 1. The van der Waals surface area contributed by atoms with Crippen molar-refractivity contribution >= 4 is 23.5 Å². The number of esters is 1. The monoisotopic (exact) mass is 578 g/mol. The fourth-order valence-electron chi connectivity index (χ4n) is 4.42. The topological polar surface area (TPSA) is 104 Å². The smallest absolute Gasteiger partial charge is 0.416 e. The summed E-state index contributed by atoms with van der Waals surface area (Å²) < 4.78 is 45.7. The van der Waals surface area contributed by atoms with Crippen LogP contribution in [0.15, 0.2) is 52.1 Å². The fraction of sp³-hybridized carbons (Fsp3) is 0.370. The zero-order valence-corrected chi connectivity index (χ0v) is 22.5. The van der Waals surface area contributed by atoms with Crippen LogP contribution in [0, 0.1) is 12.8 Å². The number of alkyl halides is 3. The first-order valence-corrected chi connectivity index (χ1v) is 12.9. The number of benzene rings is 2. The van der Waals surface area contributed by atoms with Crippen LogP contribution >= 0.6 is 11.6 Å². The number of aromatic nitrogens is 3. The lowest BCUT2D eigenvalue weighted by Crippen LogP contribution is -2.49. The standard InChI is InChI=1S/C27H26ClF3N4O5/c1-3-40-25(38)18-5-4-12-33(15-18)23(36)22-24(37)34(14-17-7-9-19(10-8-17)27(29,30)31)26(39)35(32-22)20-11-6-16(2)21(28)13-20/h6-11,13,18H,3-5,12,14-15H2,1-2H3/t18-/m0/s1. The van der Waals surface area contributed by atoms with Crippen LogP contribution in [-0.4, -0.2) is 50.8 Å². The number of rotatable bonds is 6. The Hall–Kier alpha value is -3.93. The average Bonchev–Trinajstić information content (AvgIpc) is 2.92. The molecule has 9 nitrogen and oxygen atoms in total. The van der Waals surface area contributed by atoms with Gasteiger partial charge in [0.05, 0.1) is 30.3 Å². The van der Waals surface area contributed by atoms with Crippen LogP contribution < -0.4 is 11.2 Å². The summed E-state index contributed by atoms with van der Waals surface area (Å²) in [4.78, 5) is 54.1. The molecule has 1 saturated heterocycles. The van der Waals surface area contributed by atoms with Gasteiger partial charge in [-0.15, -0.1) is 0 Å². The summed E-state index contributed by atoms with van der Waals surface area (Å²) in [5.41, 5.74) is -2.27.